The van der Waals surface area contributed by atoms with E-state index in [0.29, 0.717) is 18.5 Å². The van der Waals surface area contributed by atoms with E-state index >= 15 is 0 Å². The number of hydrogen-bond donors (Lipinski definition) is 1. The fourth-order valence-corrected chi connectivity index (χ4v) is 2.86. The topological polar surface area (TPSA) is 57.6 Å². The number of likely N-dealkylation sites (tertiary alicyclic amines) is 1. The molecule has 2 rings (SSSR count). The molecule has 0 aliphatic carbocycles. The lowest BCUT2D eigenvalue weighted by Crippen LogP contribution is -2.35. The number of aliphatic carboxylic acids is 1. The van der Waals surface area contributed by atoms with Crippen LogP contribution in [-0.4, -0.2) is 35.0 Å². The van der Waals surface area contributed by atoms with Gasteiger partial charge < -0.3 is 10.0 Å². The van der Waals surface area contributed by atoms with E-state index in [1.807, 2.05) is 6.92 Å². The van der Waals surface area contributed by atoms with Crippen molar-refractivity contribution in [1.29, 1.82) is 0 Å². The summed E-state index contributed by atoms with van der Waals surface area (Å²) in [7, 11) is 0. The van der Waals surface area contributed by atoms with E-state index in [1.54, 1.807) is 30.0 Å². The summed E-state index contributed by atoms with van der Waals surface area (Å²) in [5, 5.41) is 9.11. The van der Waals surface area contributed by atoms with Crippen molar-refractivity contribution in [3.05, 3.63) is 35.6 Å². The van der Waals surface area contributed by atoms with Crippen molar-refractivity contribution in [3.63, 3.8) is 0 Å². The van der Waals surface area contributed by atoms with Gasteiger partial charge in [0.05, 0.1) is 5.92 Å². The predicted octanol–water partition coefficient (Wildman–Crippen LogP) is 2.18. The smallest absolute Gasteiger partial charge is 0.308 e. The van der Waals surface area contributed by atoms with Gasteiger partial charge in [-0.3, -0.25) is 9.59 Å². The molecule has 1 unspecified atom stereocenters. The van der Waals surface area contributed by atoms with Gasteiger partial charge in [0.1, 0.15) is 5.82 Å². The second kappa shape index (κ2) is 6.24. The third-order valence-electron chi connectivity index (χ3n) is 4.15. The summed E-state index contributed by atoms with van der Waals surface area (Å²) >= 11 is 0. The molecule has 0 saturated carbocycles. The van der Waals surface area contributed by atoms with E-state index in [2.05, 4.69) is 0 Å². The molecule has 114 valence electrons. The lowest BCUT2D eigenvalue weighted by Gasteiger charge is -2.21. The Bertz CT molecular complexity index is 546. The zero-order valence-electron chi connectivity index (χ0n) is 12.3. The summed E-state index contributed by atoms with van der Waals surface area (Å²) in [6.07, 6.45) is 0.328. The highest BCUT2D eigenvalue weighted by Crippen LogP contribution is 2.25. The molecule has 5 heteroatoms. The third kappa shape index (κ3) is 3.40. The SMILES string of the molecule is CC(Cc1ccccc1F)C(=O)N1C[C@@H](C)[C@H](C(=O)O)C1. The number of benzene rings is 1. The molecular formula is C16H20FNO3. The zero-order chi connectivity index (χ0) is 15.6. The summed E-state index contributed by atoms with van der Waals surface area (Å²) in [5.41, 5.74) is 0.514. The van der Waals surface area contributed by atoms with Gasteiger partial charge in [-0.2, -0.15) is 0 Å². The molecule has 1 aromatic carbocycles. The second-order valence-corrected chi connectivity index (χ2v) is 5.86. The van der Waals surface area contributed by atoms with Crippen LogP contribution >= 0.6 is 0 Å². The minimum atomic E-state index is -0.862. The summed E-state index contributed by atoms with van der Waals surface area (Å²) in [4.78, 5) is 25.1. The van der Waals surface area contributed by atoms with Gasteiger partial charge in [-0.25, -0.2) is 4.39 Å². The number of amides is 1. The Balaban J connectivity index is 2.01. The van der Waals surface area contributed by atoms with Crippen molar-refractivity contribution in [2.24, 2.45) is 17.8 Å². The van der Waals surface area contributed by atoms with Gasteiger partial charge in [-0.05, 0) is 24.0 Å². The largest absolute Gasteiger partial charge is 0.481 e. The van der Waals surface area contributed by atoms with Crippen LogP contribution in [0.3, 0.4) is 0 Å². The van der Waals surface area contributed by atoms with Crippen LogP contribution < -0.4 is 0 Å². The van der Waals surface area contributed by atoms with Crippen LogP contribution in [0.15, 0.2) is 24.3 Å². The first-order valence-corrected chi connectivity index (χ1v) is 7.15. The number of carboxylic acid groups (broad SMARTS) is 1. The molecule has 21 heavy (non-hydrogen) atoms. The normalized spacial score (nSPS) is 23.1. The first-order chi connectivity index (χ1) is 9.90. The van der Waals surface area contributed by atoms with Crippen molar-refractivity contribution in [2.45, 2.75) is 20.3 Å². The molecule has 0 spiro atoms. The number of halogens is 1. The number of carbonyl (C=O) groups is 2. The molecule has 1 fully saturated rings. The zero-order valence-corrected chi connectivity index (χ0v) is 12.3. The highest BCUT2D eigenvalue weighted by molar-refractivity contribution is 5.81. The molecular weight excluding hydrogens is 273 g/mol. The molecule has 1 aliphatic rings. The van der Waals surface area contributed by atoms with Crippen LogP contribution in [0, 0.1) is 23.6 Å². The molecule has 1 heterocycles. The molecule has 1 aromatic rings. The fraction of sp³-hybridized carbons (Fsp3) is 0.500. The summed E-state index contributed by atoms with van der Waals surface area (Å²) in [6, 6.07) is 6.41. The van der Waals surface area contributed by atoms with Crippen LogP contribution in [0.25, 0.3) is 0 Å². The Hall–Kier alpha value is -1.91. The Labute approximate surface area is 123 Å². The van der Waals surface area contributed by atoms with E-state index in [4.69, 9.17) is 5.11 Å². The van der Waals surface area contributed by atoms with E-state index < -0.39 is 11.9 Å². The lowest BCUT2D eigenvalue weighted by atomic mass is 9.99. The first-order valence-electron chi connectivity index (χ1n) is 7.15. The minimum Gasteiger partial charge on any atom is -0.481 e. The quantitative estimate of drug-likeness (QED) is 0.925. The maximum absolute atomic E-state index is 13.6. The molecule has 1 amide bonds. The van der Waals surface area contributed by atoms with E-state index in [0.717, 1.165) is 0 Å². The van der Waals surface area contributed by atoms with Crippen molar-refractivity contribution in [1.82, 2.24) is 4.90 Å². The maximum Gasteiger partial charge on any atom is 0.308 e. The lowest BCUT2D eigenvalue weighted by molar-refractivity contribution is -0.142. The fourth-order valence-electron chi connectivity index (χ4n) is 2.86. The van der Waals surface area contributed by atoms with Crippen LogP contribution in [0.4, 0.5) is 4.39 Å². The molecule has 3 atom stereocenters. The standard InChI is InChI=1S/C16H20FNO3/c1-10(7-12-5-3-4-6-14(12)17)15(19)18-8-11(2)13(9-18)16(20)21/h3-6,10-11,13H,7-9H2,1-2H3,(H,20,21)/t10?,11-,13-/m1/s1. The van der Waals surface area contributed by atoms with Gasteiger partial charge in [0.2, 0.25) is 5.91 Å². The van der Waals surface area contributed by atoms with Gasteiger partial charge in [0.25, 0.3) is 0 Å². The summed E-state index contributed by atoms with van der Waals surface area (Å²) < 4.78 is 13.6. The monoisotopic (exact) mass is 293 g/mol. The van der Waals surface area contributed by atoms with Crippen LogP contribution in [-0.2, 0) is 16.0 Å². The average molecular weight is 293 g/mol. The molecule has 1 aliphatic heterocycles. The van der Waals surface area contributed by atoms with Crippen LogP contribution in [0.5, 0.6) is 0 Å². The van der Waals surface area contributed by atoms with Crippen LogP contribution in [0.2, 0.25) is 0 Å². The van der Waals surface area contributed by atoms with Gasteiger partial charge >= 0.3 is 5.97 Å². The Kier molecular flexibility index (Phi) is 4.60. The molecule has 1 saturated heterocycles. The first kappa shape index (κ1) is 15.5. The minimum absolute atomic E-state index is 0.0490. The molecule has 0 radical (unpaired) electrons. The molecule has 0 aromatic heterocycles. The van der Waals surface area contributed by atoms with Gasteiger partial charge in [-0.1, -0.05) is 32.0 Å². The maximum atomic E-state index is 13.6. The number of nitrogens with zero attached hydrogens (tertiary/aromatic N) is 1. The Morgan fingerprint density at radius 1 is 1.38 bits per heavy atom. The Morgan fingerprint density at radius 3 is 2.62 bits per heavy atom. The molecule has 1 N–H and O–H groups in total. The van der Waals surface area contributed by atoms with E-state index in [1.165, 1.54) is 6.07 Å². The van der Waals surface area contributed by atoms with E-state index in [9.17, 15) is 14.0 Å². The highest BCUT2D eigenvalue weighted by Gasteiger charge is 2.38. The number of carbonyl (C=O) groups excluding carboxylic acids is 1. The summed E-state index contributed by atoms with van der Waals surface area (Å²) in [5.74, 6) is -2.19. The van der Waals surface area contributed by atoms with Crippen molar-refractivity contribution >= 4 is 11.9 Å². The summed E-state index contributed by atoms with van der Waals surface area (Å²) in [6.45, 7) is 4.30. The third-order valence-corrected chi connectivity index (χ3v) is 4.15. The average Bonchev–Trinajstić information content (AvgIpc) is 2.82. The molecule has 4 nitrogen and oxygen atoms in total. The van der Waals surface area contributed by atoms with E-state index in [-0.39, 0.29) is 30.1 Å². The molecule has 0 bridgehead atoms. The predicted molar refractivity (Wildman–Crippen MR) is 76.1 cm³/mol. The van der Waals surface area contributed by atoms with Crippen molar-refractivity contribution in [2.75, 3.05) is 13.1 Å². The number of rotatable bonds is 4. The van der Waals surface area contributed by atoms with Gasteiger partial charge in [0.15, 0.2) is 0 Å². The van der Waals surface area contributed by atoms with Crippen LogP contribution in [0.1, 0.15) is 19.4 Å². The van der Waals surface area contributed by atoms with Crippen molar-refractivity contribution < 1.29 is 19.1 Å². The van der Waals surface area contributed by atoms with Gasteiger partial charge in [-0.15, -0.1) is 0 Å². The number of carboxylic acids is 1. The van der Waals surface area contributed by atoms with Crippen molar-refractivity contribution in [3.8, 4) is 0 Å². The highest BCUT2D eigenvalue weighted by atomic mass is 19.1. The Morgan fingerprint density at radius 2 is 2.05 bits per heavy atom. The number of hydrogen-bond acceptors (Lipinski definition) is 2. The second-order valence-electron chi connectivity index (χ2n) is 5.86. The van der Waals surface area contributed by atoms with Gasteiger partial charge in [0, 0.05) is 19.0 Å².